The van der Waals surface area contributed by atoms with Crippen LogP contribution in [0.1, 0.15) is 5.56 Å². The van der Waals surface area contributed by atoms with Gasteiger partial charge in [-0.1, -0.05) is 27.7 Å². The van der Waals surface area contributed by atoms with Crippen LogP contribution in [0.3, 0.4) is 0 Å². The van der Waals surface area contributed by atoms with E-state index in [4.69, 9.17) is 0 Å². The fraction of sp³-hybridized carbons (Fsp3) is 0.273. The Morgan fingerprint density at radius 1 is 1.47 bits per heavy atom. The lowest BCUT2D eigenvalue weighted by atomic mass is 10.2. The minimum absolute atomic E-state index is 0.138. The van der Waals surface area contributed by atoms with Gasteiger partial charge in [-0.3, -0.25) is 14.5 Å². The van der Waals surface area contributed by atoms with Crippen molar-refractivity contribution < 1.29 is 9.59 Å². The number of amides is 2. The molecule has 1 fully saturated rings. The summed E-state index contributed by atoms with van der Waals surface area (Å²) < 4.78 is 1.03. The zero-order chi connectivity index (χ0) is 12.4. The first-order valence-electron chi connectivity index (χ1n) is 5.05. The Kier molecular flexibility index (Phi) is 3.73. The van der Waals surface area contributed by atoms with E-state index in [1.165, 1.54) is 4.90 Å². The van der Waals surface area contributed by atoms with E-state index >= 15 is 0 Å². The lowest BCUT2D eigenvalue weighted by Crippen LogP contribution is -2.33. The van der Waals surface area contributed by atoms with Crippen LogP contribution in [0.4, 0.5) is 10.5 Å². The molecule has 1 heterocycles. The normalized spacial score (nSPS) is 15.5. The summed E-state index contributed by atoms with van der Waals surface area (Å²) in [6.45, 7) is 2.21. The summed E-state index contributed by atoms with van der Waals surface area (Å²) in [5, 5.41) is 2.88. The topological polar surface area (TPSA) is 49.4 Å². The van der Waals surface area contributed by atoms with Crippen molar-refractivity contribution in [2.75, 3.05) is 17.7 Å². The van der Waals surface area contributed by atoms with E-state index in [1.54, 1.807) is 0 Å². The molecule has 0 spiro atoms. The van der Waals surface area contributed by atoms with Gasteiger partial charge in [0.15, 0.2) is 0 Å². The van der Waals surface area contributed by atoms with Gasteiger partial charge in [0.25, 0.3) is 5.24 Å². The molecule has 0 bridgehead atoms. The molecule has 0 aromatic heterocycles. The van der Waals surface area contributed by atoms with E-state index in [2.05, 4.69) is 21.2 Å². The first-order chi connectivity index (χ1) is 8.08. The SMILES string of the molecule is Cc1cc(NCN2C(=O)CSC2=O)ccc1Br. The summed E-state index contributed by atoms with van der Waals surface area (Å²) in [6, 6.07) is 5.79. The summed E-state index contributed by atoms with van der Waals surface area (Å²) in [6.07, 6.45) is 0. The number of aryl methyl sites for hydroxylation is 1. The second-order valence-electron chi connectivity index (χ2n) is 3.68. The summed E-state index contributed by atoms with van der Waals surface area (Å²) in [7, 11) is 0. The molecule has 1 N–H and O–H groups in total. The second-order valence-corrected chi connectivity index (χ2v) is 5.46. The smallest absolute Gasteiger partial charge is 0.290 e. The maximum atomic E-state index is 11.4. The molecule has 0 saturated carbocycles. The molecule has 0 atom stereocenters. The van der Waals surface area contributed by atoms with E-state index in [-0.39, 0.29) is 23.6 Å². The van der Waals surface area contributed by atoms with Crippen LogP contribution < -0.4 is 5.32 Å². The fourth-order valence-corrected chi connectivity index (χ4v) is 2.43. The molecule has 4 nitrogen and oxygen atoms in total. The molecule has 17 heavy (non-hydrogen) atoms. The Hall–Kier alpha value is -1.01. The second kappa shape index (κ2) is 5.10. The average molecular weight is 315 g/mol. The Bertz CT molecular complexity index is 463. The van der Waals surface area contributed by atoms with Crippen LogP contribution in [0.5, 0.6) is 0 Å². The van der Waals surface area contributed by atoms with Crippen LogP contribution in [-0.4, -0.2) is 28.5 Å². The first kappa shape index (κ1) is 12.4. The maximum absolute atomic E-state index is 11.4. The van der Waals surface area contributed by atoms with Crippen molar-refractivity contribution in [1.29, 1.82) is 0 Å². The zero-order valence-corrected chi connectivity index (χ0v) is 11.6. The van der Waals surface area contributed by atoms with Crippen LogP contribution in [0.2, 0.25) is 0 Å². The zero-order valence-electron chi connectivity index (χ0n) is 9.20. The highest BCUT2D eigenvalue weighted by Crippen LogP contribution is 2.21. The van der Waals surface area contributed by atoms with Gasteiger partial charge in [0.2, 0.25) is 5.91 Å². The Labute approximate surface area is 112 Å². The maximum Gasteiger partial charge on any atom is 0.290 e. The summed E-state index contributed by atoms with van der Waals surface area (Å²) in [5.74, 6) is 0.112. The molecular formula is C11H11BrN2O2S. The molecule has 0 radical (unpaired) electrons. The quantitative estimate of drug-likeness (QED) is 0.932. The number of anilines is 1. The first-order valence-corrected chi connectivity index (χ1v) is 6.83. The van der Waals surface area contributed by atoms with Crippen molar-refractivity contribution in [2.45, 2.75) is 6.92 Å². The molecule has 1 aliphatic rings. The number of benzene rings is 1. The van der Waals surface area contributed by atoms with Gasteiger partial charge < -0.3 is 5.32 Å². The molecule has 1 aromatic carbocycles. The number of carbonyl (C=O) groups is 2. The number of halogens is 1. The van der Waals surface area contributed by atoms with Gasteiger partial charge in [0, 0.05) is 10.2 Å². The number of rotatable bonds is 3. The van der Waals surface area contributed by atoms with Gasteiger partial charge in [-0.05, 0) is 30.7 Å². The van der Waals surface area contributed by atoms with E-state index < -0.39 is 0 Å². The van der Waals surface area contributed by atoms with Gasteiger partial charge in [-0.15, -0.1) is 0 Å². The molecule has 1 aliphatic heterocycles. The molecule has 6 heteroatoms. The van der Waals surface area contributed by atoms with Crippen molar-refractivity contribution in [1.82, 2.24) is 4.90 Å². The predicted molar refractivity (Wildman–Crippen MR) is 72.1 cm³/mol. The van der Waals surface area contributed by atoms with Crippen LogP contribution in [0.15, 0.2) is 22.7 Å². The van der Waals surface area contributed by atoms with E-state index in [1.807, 2.05) is 25.1 Å². The number of imide groups is 1. The number of nitrogens with one attached hydrogen (secondary N) is 1. The third-order valence-corrected chi connectivity index (χ3v) is 4.19. The molecule has 0 aliphatic carbocycles. The highest BCUT2D eigenvalue weighted by Gasteiger charge is 2.29. The van der Waals surface area contributed by atoms with Gasteiger partial charge >= 0.3 is 0 Å². The molecule has 1 saturated heterocycles. The van der Waals surface area contributed by atoms with E-state index in [0.717, 1.165) is 27.5 Å². The van der Waals surface area contributed by atoms with Crippen LogP contribution in [-0.2, 0) is 4.79 Å². The molecule has 2 amide bonds. The monoisotopic (exact) mass is 314 g/mol. The number of nitrogens with zero attached hydrogens (tertiary/aromatic N) is 1. The summed E-state index contributed by atoms with van der Waals surface area (Å²) >= 11 is 4.46. The molecule has 1 aromatic rings. The number of carbonyl (C=O) groups excluding carboxylic acids is 2. The van der Waals surface area contributed by atoms with E-state index in [0.29, 0.717) is 0 Å². The third-order valence-electron chi connectivity index (χ3n) is 2.44. The standard InChI is InChI=1S/C11H11BrN2O2S/c1-7-4-8(2-3-9(7)12)13-6-14-10(15)5-17-11(14)16/h2-4,13H,5-6H2,1H3. The average Bonchev–Trinajstić information content (AvgIpc) is 2.61. The molecular weight excluding hydrogens is 304 g/mol. The summed E-state index contributed by atoms with van der Waals surface area (Å²) in [4.78, 5) is 23.9. The van der Waals surface area contributed by atoms with Gasteiger partial charge in [-0.25, -0.2) is 0 Å². The number of thioether (sulfide) groups is 1. The third kappa shape index (κ3) is 2.81. The number of hydrogen-bond acceptors (Lipinski definition) is 4. The lowest BCUT2D eigenvalue weighted by molar-refractivity contribution is -0.124. The Morgan fingerprint density at radius 2 is 2.24 bits per heavy atom. The molecule has 2 rings (SSSR count). The van der Waals surface area contributed by atoms with Gasteiger partial charge in [0.1, 0.15) is 0 Å². The molecule has 90 valence electrons. The predicted octanol–water partition coefficient (Wildman–Crippen LogP) is 2.82. The van der Waals surface area contributed by atoms with Crippen molar-refractivity contribution >= 4 is 44.5 Å². The van der Waals surface area contributed by atoms with Crippen molar-refractivity contribution in [2.24, 2.45) is 0 Å². The molecule has 0 unspecified atom stereocenters. The highest BCUT2D eigenvalue weighted by atomic mass is 79.9. The van der Waals surface area contributed by atoms with Gasteiger partial charge in [-0.2, -0.15) is 0 Å². The van der Waals surface area contributed by atoms with Crippen molar-refractivity contribution in [3.63, 3.8) is 0 Å². The van der Waals surface area contributed by atoms with Crippen LogP contribution >= 0.6 is 27.7 Å². The largest absolute Gasteiger partial charge is 0.367 e. The summed E-state index contributed by atoms with van der Waals surface area (Å²) in [5.41, 5.74) is 1.99. The number of hydrogen-bond donors (Lipinski definition) is 1. The minimum Gasteiger partial charge on any atom is -0.367 e. The fourth-order valence-electron chi connectivity index (χ4n) is 1.46. The van der Waals surface area contributed by atoms with Crippen molar-refractivity contribution in [3.8, 4) is 0 Å². The van der Waals surface area contributed by atoms with Crippen molar-refractivity contribution in [3.05, 3.63) is 28.2 Å². The van der Waals surface area contributed by atoms with E-state index in [9.17, 15) is 9.59 Å². The van der Waals surface area contributed by atoms with Crippen LogP contribution in [0.25, 0.3) is 0 Å². The minimum atomic E-state index is -0.184. The Balaban J connectivity index is 2.00. The lowest BCUT2D eigenvalue weighted by Gasteiger charge is -2.15. The van der Waals surface area contributed by atoms with Crippen LogP contribution in [0, 0.1) is 6.92 Å². The Morgan fingerprint density at radius 3 is 2.82 bits per heavy atom. The van der Waals surface area contributed by atoms with Gasteiger partial charge in [0.05, 0.1) is 12.4 Å². The highest BCUT2D eigenvalue weighted by molar-refractivity contribution is 9.10.